The second-order valence-corrected chi connectivity index (χ2v) is 4.17. The Labute approximate surface area is 112 Å². The first-order chi connectivity index (χ1) is 9.19. The summed E-state index contributed by atoms with van der Waals surface area (Å²) in [6.45, 7) is 4.66. The fraction of sp³-hybridized carbons (Fsp3) is 0.267. The van der Waals surface area contributed by atoms with Gasteiger partial charge in [-0.15, -0.1) is 0 Å². The molecule has 1 N–H and O–H groups in total. The Bertz CT molecular complexity index is 560. The van der Waals surface area contributed by atoms with Gasteiger partial charge in [0.15, 0.2) is 0 Å². The number of anilines is 1. The van der Waals surface area contributed by atoms with Gasteiger partial charge in [-0.2, -0.15) is 0 Å². The number of benzene rings is 1. The maximum atomic E-state index is 11.6. The second-order valence-electron chi connectivity index (χ2n) is 4.17. The van der Waals surface area contributed by atoms with Gasteiger partial charge in [0, 0.05) is 5.69 Å². The minimum Gasteiger partial charge on any atom is -0.465 e. The number of hydrogen-bond donors (Lipinski definition) is 1. The molecule has 4 nitrogen and oxygen atoms in total. The molecule has 0 aliphatic rings. The van der Waals surface area contributed by atoms with E-state index in [0.29, 0.717) is 18.7 Å². The summed E-state index contributed by atoms with van der Waals surface area (Å²) in [6.07, 6.45) is 0. The average molecular weight is 259 g/mol. The van der Waals surface area contributed by atoms with Crippen molar-refractivity contribution < 1.29 is 13.9 Å². The summed E-state index contributed by atoms with van der Waals surface area (Å²) in [5, 5.41) is 3.21. The number of aryl methyl sites for hydroxylation is 1. The van der Waals surface area contributed by atoms with Gasteiger partial charge in [-0.25, -0.2) is 4.79 Å². The monoisotopic (exact) mass is 259 g/mol. The lowest BCUT2D eigenvalue weighted by Crippen LogP contribution is -2.05. The largest absolute Gasteiger partial charge is 0.465 e. The lowest BCUT2D eigenvalue weighted by molar-refractivity contribution is 0.0526. The quantitative estimate of drug-likeness (QED) is 0.836. The molecule has 0 aliphatic heterocycles. The van der Waals surface area contributed by atoms with Crippen LogP contribution in [0.4, 0.5) is 5.69 Å². The molecule has 4 heteroatoms. The number of esters is 1. The van der Waals surface area contributed by atoms with Crippen LogP contribution in [0.2, 0.25) is 0 Å². The first-order valence-electron chi connectivity index (χ1n) is 6.25. The first kappa shape index (κ1) is 13.2. The van der Waals surface area contributed by atoms with E-state index in [1.54, 1.807) is 19.1 Å². The highest BCUT2D eigenvalue weighted by molar-refractivity contribution is 5.90. The van der Waals surface area contributed by atoms with Crippen LogP contribution in [0.3, 0.4) is 0 Å². The van der Waals surface area contributed by atoms with Crippen molar-refractivity contribution in [1.29, 1.82) is 0 Å². The number of rotatable bonds is 5. The van der Waals surface area contributed by atoms with Crippen LogP contribution in [0, 0.1) is 6.92 Å². The molecule has 100 valence electrons. The van der Waals surface area contributed by atoms with Crippen LogP contribution in [-0.4, -0.2) is 12.6 Å². The van der Waals surface area contributed by atoms with Crippen LogP contribution in [0.1, 0.15) is 28.8 Å². The molecule has 0 bridgehead atoms. The molecule has 1 aromatic heterocycles. The number of nitrogens with one attached hydrogen (secondary N) is 1. The third kappa shape index (κ3) is 3.61. The summed E-state index contributed by atoms with van der Waals surface area (Å²) >= 11 is 0. The zero-order valence-corrected chi connectivity index (χ0v) is 11.1. The molecule has 19 heavy (non-hydrogen) atoms. The SMILES string of the molecule is CCOC(=O)c1cccc(NCc2ccc(C)o2)c1. The number of furan rings is 1. The van der Waals surface area contributed by atoms with E-state index in [1.807, 2.05) is 31.2 Å². The molecule has 0 spiro atoms. The Morgan fingerprint density at radius 3 is 2.84 bits per heavy atom. The number of carbonyl (C=O) groups excluding carboxylic acids is 1. The minimum atomic E-state index is -0.306. The lowest BCUT2D eigenvalue weighted by atomic mass is 10.2. The van der Waals surface area contributed by atoms with Crippen LogP contribution >= 0.6 is 0 Å². The third-order valence-corrected chi connectivity index (χ3v) is 2.64. The van der Waals surface area contributed by atoms with Crippen LogP contribution < -0.4 is 5.32 Å². The Kier molecular flexibility index (Phi) is 4.23. The van der Waals surface area contributed by atoms with Crippen molar-refractivity contribution in [3.63, 3.8) is 0 Å². The van der Waals surface area contributed by atoms with Crippen molar-refractivity contribution in [1.82, 2.24) is 0 Å². The first-order valence-corrected chi connectivity index (χ1v) is 6.25. The summed E-state index contributed by atoms with van der Waals surface area (Å²) in [5.74, 6) is 1.44. The molecule has 1 aromatic carbocycles. The van der Waals surface area contributed by atoms with Gasteiger partial charge in [0.25, 0.3) is 0 Å². The predicted molar refractivity (Wildman–Crippen MR) is 73.2 cm³/mol. The average Bonchev–Trinajstić information content (AvgIpc) is 2.83. The van der Waals surface area contributed by atoms with Crippen LogP contribution in [-0.2, 0) is 11.3 Å². The Balaban J connectivity index is 2.00. The molecule has 2 rings (SSSR count). The van der Waals surface area contributed by atoms with Gasteiger partial charge in [-0.05, 0) is 44.2 Å². The molecule has 0 unspecified atom stereocenters. The molecule has 0 radical (unpaired) electrons. The van der Waals surface area contributed by atoms with E-state index >= 15 is 0 Å². The predicted octanol–water partition coefficient (Wildman–Crippen LogP) is 3.38. The maximum absolute atomic E-state index is 11.6. The zero-order valence-electron chi connectivity index (χ0n) is 11.1. The third-order valence-electron chi connectivity index (χ3n) is 2.64. The minimum absolute atomic E-state index is 0.306. The van der Waals surface area contributed by atoms with E-state index in [1.165, 1.54) is 0 Å². The van der Waals surface area contributed by atoms with Gasteiger partial charge in [-0.3, -0.25) is 0 Å². The van der Waals surface area contributed by atoms with Crippen molar-refractivity contribution in [3.05, 3.63) is 53.5 Å². The lowest BCUT2D eigenvalue weighted by Gasteiger charge is -2.07. The molecular weight excluding hydrogens is 242 g/mol. The Morgan fingerprint density at radius 2 is 2.16 bits per heavy atom. The number of carbonyl (C=O) groups is 1. The molecule has 0 fully saturated rings. The van der Waals surface area contributed by atoms with Crippen molar-refractivity contribution in [2.75, 3.05) is 11.9 Å². The van der Waals surface area contributed by atoms with Crippen LogP contribution in [0.25, 0.3) is 0 Å². The van der Waals surface area contributed by atoms with Crippen molar-refractivity contribution in [3.8, 4) is 0 Å². The van der Waals surface area contributed by atoms with Crippen LogP contribution in [0.15, 0.2) is 40.8 Å². The molecule has 0 saturated heterocycles. The van der Waals surface area contributed by atoms with Gasteiger partial charge < -0.3 is 14.5 Å². The maximum Gasteiger partial charge on any atom is 0.338 e. The topological polar surface area (TPSA) is 51.5 Å². The summed E-state index contributed by atoms with van der Waals surface area (Å²) < 4.78 is 10.4. The van der Waals surface area contributed by atoms with Crippen molar-refractivity contribution >= 4 is 11.7 Å². The van der Waals surface area contributed by atoms with E-state index in [-0.39, 0.29) is 5.97 Å². The van der Waals surface area contributed by atoms with E-state index < -0.39 is 0 Å². The summed E-state index contributed by atoms with van der Waals surface area (Å²) in [4.78, 5) is 11.6. The normalized spacial score (nSPS) is 10.2. The van der Waals surface area contributed by atoms with Gasteiger partial charge in [0.1, 0.15) is 11.5 Å². The molecule has 0 saturated carbocycles. The van der Waals surface area contributed by atoms with Crippen molar-refractivity contribution in [2.45, 2.75) is 20.4 Å². The van der Waals surface area contributed by atoms with E-state index in [0.717, 1.165) is 17.2 Å². The van der Waals surface area contributed by atoms with Crippen molar-refractivity contribution in [2.24, 2.45) is 0 Å². The standard InChI is InChI=1S/C15H17NO3/c1-3-18-15(17)12-5-4-6-13(9-12)16-10-14-8-7-11(2)19-14/h4-9,16H,3,10H2,1-2H3. The Hall–Kier alpha value is -2.23. The summed E-state index contributed by atoms with van der Waals surface area (Å²) in [5.41, 5.74) is 1.40. The number of hydrogen-bond acceptors (Lipinski definition) is 4. The fourth-order valence-corrected chi connectivity index (χ4v) is 1.74. The van der Waals surface area contributed by atoms with E-state index in [2.05, 4.69) is 5.32 Å². The molecule has 1 heterocycles. The van der Waals surface area contributed by atoms with Gasteiger partial charge in [-0.1, -0.05) is 6.07 Å². The molecule has 0 aliphatic carbocycles. The highest BCUT2D eigenvalue weighted by Crippen LogP contribution is 2.14. The zero-order chi connectivity index (χ0) is 13.7. The molecule has 0 atom stereocenters. The second kappa shape index (κ2) is 6.09. The highest BCUT2D eigenvalue weighted by atomic mass is 16.5. The van der Waals surface area contributed by atoms with Crippen LogP contribution in [0.5, 0.6) is 0 Å². The summed E-state index contributed by atoms with van der Waals surface area (Å²) in [7, 11) is 0. The molecule has 0 amide bonds. The number of ether oxygens (including phenoxy) is 1. The fourth-order valence-electron chi connectivity index (χ4n) is 1.74. The van der Waals surface area contributed by atoms with E-state index in [4.69, 9.17) is 9.15 Å². The van der Waals surface area contributed by atoms with E-state index in [9.17, 15) is 4.79 Å². The molecule has 2 aromatic rings. The Morgan fingerprint density at radius 1 is 1.32 bits per heavy atom. The van der Waals surface area contributed by atoms with Gasteiger partial charge >= 0.3 is 5.97 Å². The van der Waals surface area contributed by atoms with Gasteiger partial charge in [0.2, 0.25) is 0 Å². The molecular formula is C15H17NO3. The summed E-state index contributed by atoms with van der Waals surface area (Å²) in [6, 6.07) is 11.1. The smallest absolute Gasteiger partial charge is 0.338 e. The van der Waals surface area contributed by atoms with Gasteiger partial charge in [0.05, 0.1) is 18.7 Å². The highest BCUT2D eigenvalue weighted by Gasteiger charge is 2.06.